The highest BCUT2D eigenvalue weighted by Crippen LogP contribution is 2.25. The molecule has 0 radical (unpaired) electrons. The first-order chi connectivity index (χ1) is 11.8. The van der Waals surface area contributed by atoms with Gasteiger partial charge in [0.05, 0.1) is 18.7 Å². The van der Waals surface area contributed by atoms with Crippen LogP contribution in [-0.4, -0.2) is 44.7 Å². The third kappa shape index (κ3) is 3.35. The second-order valence-corrected chi connectivity index (χ2v) is 6.66. The molecule has 1 aliphatic heterocycles. The predicted molar refractivity (Wildman–Crippen MR) is 88.4 cm³/mol. The monoisotopic (exact) mass is 343 g/mol. The Kier molecular flexibility index (Phi) is 4.33. The van der Waals surface area contributed by atoms with E-state index in [0.29, 0.717) is 24.9 Å². The zero-order valence-corrected chi connectivity index (χ0v) is 14.1. The molecule has 7 nitrogen and oxygen atoms in total. The Bertz CT molecular complexity index is 804. The summed E-state index contributed by atoms with van der Waals surface area (Å²) in [6.07, 6.45) is 5.36. The van der Waals surface area contributed by atoms with E-state index >= 15 is 0 Å². The zero-order chi connectivity index (χ0) is 16.4. The van der Waals surface area contributed by atoms with Crippen molar-refractivity contribution in [2.75, 3.05) is 19.7 Å². The van der Waals surface area contributed by atoms with Gasteiger partial charge in [-0.3, -0.25) is 9.88 Å². The minimum atomic E-state index is 0.0195. The number of thiazole rings is 1. The summed E-state index contributed by atoms with van der Waals surface area (Å²) in [6, 6.07) is 1.98. The van der Waals surface area contributed by atoms with Crippen LogP contribution >= 0.6 is 11.3 Å². The topological polar surface area (TPSA) is 77.2 Å². The summed E-state index contributed by atoms with van der Waals surface area (Å²) in [6.45, 7) is 4.92. The van der Waals surface area contributed by atoms with Crippen molar-refractivity contribution in [2.45, 2.75) is 19.6 Å². The van der Waals surface area contributed by atoms with Crippen molar-refractivity contribution < 1.29 is 9.26 Å². The number of aryl methyl sites for hydroxylation is 1. The molecule has 0 N–H and O–H groups in total. The van der Waals surface area contributed by atoms with Crippen molar-refractivity contribution in [3.8, 4) is 11.5 Å². The summed E-state index contributed by atoms with van der Waals surface area (Å²) in [5, 5.41) is 7.08. The normalized spacial score (nSPS) is 18.8. The van der Waals surface area contributed by atoms with E-state index in [4.69, 9.17) is 9.26 Å². The smallest absolute Gasteiger partial charge is 0.259 e. The molecule has 1 unspecified atom stereocenters. The first kappa shape index (κ1) is 15.4. The molecule has 1 saturated heterocycles. The molecule has 1 atom stereocenters. The van der Waals surface area contributed by atoms with Gasteiger partial charge in [0.25, 0.3) is 5.89 Å². The van der Waals surface area contributed by atoms with E-state index in [0.717, 1.165) is 29.2 Å². The van der Waals surface area contributed by atoms with Crippen molar-refractivity contribution in [3.05, 3.63) is 46.4 Å². The van der Waals surface area contributed by atoms with Crippen LogP contribution in [0.25, 0.3) is 11.5 Å². The second-order valence-electron chi connectivity index (χ2n) is 5.73. The molecule has 4 rings (SSSR count). The van der Waals surface area contributed by atoms with Crippen LogP contribution < -0.4 is 0 Å². The summed E-state index contributed by atoms with van der Waals surface area (Å²) in [7, 11) is 0. The molecule has 3 aromatic rings. The van der Waals surface area contributed by atoms with Crippen molar-refractivity contribution in [1.82, 2.24) is 25.0 Å². The fourth-order valence-corrected chi connectivity index (χ4v) is 3.37. The Hall–Kier alpha value is -2.16. The summed E-state index contributed by atoms with van der Waals surface area (Å²) in [4.78, 5) is 15.3. The van der Waals surface area contributed by atoms with Crippen LogP contribution in [0.1, 0.15) is 22.5 Å². The van der Waals surface area contributed by atoms with Crippen LogP contribution in [0.15, 0.2) is 34.6 Å². The predicted octanol–water partition coefficient (Wildman–Crippen LogP) is 2.47. The molecule has 24 heavy (non-hydrogen) atoms. The van der Waals surface area contributed by atoms with Crippen LogP contribution in [0.2, 0.25) is 0 Å². The van der Waals surface area contributed by atoms with Crippen LogP contribution in [-0.2, 0) is 11.3 Å². The fourth-order valence-electron chi connectivity index (χ4n) is 2.70. The van der Waals surface area contributed by atoms with E-state index in [2.05, 4.69) is 25.0 Å². The lowest BCUT2D eigenvalue weighted by Crippen LogP contribution is -2.38. The zero-order valence-electron chi connectivity index (χ0n) is 13.3. The largest absolute Gasteiger partial charge is 0.368 e. The van der Waals surface area contributed by atoms with Crippen LogP contribution in [0.3, 0.4) is 0 Å². The van der Waals surface area contributed by atoms with Crippen LogP contribution in [0.5, 0.6) is 0 Å². The summed E-state index contributed by atoms with van der Waals surface area (Å²) in [5.41, 5.74) is 1.91. The SMILES string of the molecule is Cc1cncc(-c2nc(CN3CCOC(c4nccs4)C3)no2)c1. The third-order valence-electron chi connectivity index (χ3n) is 3.83. The number of hydrogen-bond donors (Lipinski definition) is 0. The van der Waals surface area contributed by atoms with E-state index in [1.54, 1.807) is 23.7 Å². The van der Waals surface area contributed by atoms with Gasteiger partial charge in [-0.1, -0.05) is 5.16 Å². The van der Waals surface area contributed by atoms with Crippen LogP contribution in [0, 0.1) is 6.92 Å². The maximum Gasteiger partial charge on any atom is 0.259 e. The van der Waals surface area contributed by atoms with E-state index in [1.807, 2.05) is 24.6 Å². The molecule has 0 amide bonds. The molecular formula is C16H17N5O2S. The fraction of sp³-hybridized carbons (Fsp3) is 0.375. The van der Waals surface area contributed by atoms with Crippen molar-refractivity contribution >= 4 is 11.3 Å². The molecule has 0 aliphatic carbocycles. The summed E-state index contributed by atoms with van der Waals surface area (Å²) >= 11 is 1.62. The molecule has 0 spiro atoms. The van der Waals surface area contributed by atoms with E-state index in [1.165, 1.54) is 0 Å². The van der Waals surface area contributed by atoms with Gasteiger partial charge in [0.15, 0.2) is 5.82 Å². The third-order valence-corrected chi connectivity index (χ3v) is 4.70. The van der Waals surface area contributed by atoms with Gasteiger partial charge in [-0.25, -0.2) is 4.98 Å². The molecule has 1 aliphatic rings. The maximum atomic E-state index is 5.81. The molecule has 1 fully saturated rings. The average Bonchev–Trinajstić information content (AvgIpc) is 3.27. The lowest BCUT2D eigenvalue weighted by molar-refractivity contribution is -0.0339. The summed E-state index contributed by atoms with van der Waals surface area (Å²) < 4.78 is 11.2. The number of nitrogens with zero attached hydrogens (tertiary/aromatic N) is 5. The van der Waals surface area contributed by atoms with E-state index in [9.17, 15) is 0 Å². The molecule has 0 aromatic carbocycles. The van der Waals surface area contributed by atoms with Crippen molar-refractivity contribution in [3.63, 3.8) is 0 Å². The highest BCUT2D eigenvalue weighted by molar-refractivity contribution is 7.09. The number of hydrogen-bond acceptors (Lipinski definition) is 8. The number of aromatic nitrogens is 4. The maximum absolute atomic E-state index is 5.81. The van der Waals surface area contributed by atoms with Gasteiger partial charge in [0, 0.05) is 37.1 Å². The Labute approximate surface area is 143 Å². The number of pyridine rings is 1. The second kappa shape index (κ2) is 6.76. The first-order valence-corrected chi connectivity index (χ1v) is 8.64. The Balaban J connectivity index is 1.44. The van der Waals surface area contributed by atoms with Crippen molar-refractivity contribution in [1.29, 1.82) is 0 Å². The van der Waals surface area contributed by atoms with Gasteiger partial charge in [0.2, 0.25) is 0 Å². The Morgan fingerprint density at radius 1 is 1.38 bits per heavy atom. The number of ether oxygens (including phenoxy) is 1. The number of morpholine rings is 1. The average molecular weight is 343 g/mol. The lowest BCUT2D eigenvalue weighted by Gasteiger charge is -2.30. The summed E-state index contributed by atoms with van der Waals surface area (Å²) in [5.74, 6) is 1.18. The molecule has 124 valence electrons. The van der Waals surface area contributed by atoms with Gasteiger partial charge in [-0.15, -0.1) is 11.3 Å². The highest BCUT2D eigenvalue weighted by Gasteiger charge is 2.25. The van der Waals surface area contributed by atoms with E-state index < -0.39 is 0 Å². The molecule has 0 saturated carbocycles. The van der Waals surface area contributed by atoms with Gasteiger partial charge >= 0.3 is 0 Å². The molecule has 4 heterocycles. The first-order valence-electron chi connectivity index (χ1n) is 7.76. The van der Waals surface area contributed by atoms with Gasteiger partial charge in [0.1, 0.15) is 11.1 Å². The van der Waals surface area contributed by atoms with Crippen molar-refractivity contribution in [2.24, 2.45) is 0 Å². The number of rotatable bonds is 4. The van der Waals surface area contributed by atoms with Gasteiger partial charge in [-0.2, -0.15) is 4.98 Å². The minimum absolute atomic E-state index is 0.0195. The molecule has 8 heteroatoms. The van der Waals surface area contributed by atoms with Gasteiger partial charge < -0.3 is 9.26 Å². The molecule has 0 bridgehead atoms. The standard InChI is InChI=1S/C16H17N5O2S/c1-11-6-12(8-17-7-11)15-19-14(20-23-15)10-21-3-4-22-13(9-21)16-18-2-5-24-16/h2,5-8,13H,3-4,9-10H2,1H3. The van der Waals surface area contributed by atoms with Crippen LogP contribution in [0.4, 0.5) is 0 Å². The lowest BCUT2D eigenvalue weighted by atomic mass is 10.2. The quantitative estimate of drug-likeness (QED) is 0.720. The Morgan fingerprint density at radius 3 is 3.17 bits per heavy atom. The van der Waals surface area contributed by atoms with E-state index in [-0.39, 0.29) is 6.10 Å². The van der Waals surface area contributed by atoms with Gasteiger partial charge in [-0.05, 0) is 18.6 Å². The Morgan fingerprint density at radius 2 is 2.33 bits per heavy atom. The highest BCUT2D eigenvalue weighted by atomic mass is 32.1. The molecular weight excluding hydrogens is 326 g/mol. The molecule has 3 aromatic heterocycles. The minimum Gasteiger partial charge on any atom is -0.368 e.